The second kappa shape index (κ2) is 8.31. The van der Waals surface area contributed by atoms with Crippen molar-refractivity contribution < 1.29 is 9.31 Å². The first-order valence-corrected chi connectivity index (χ1v) is 6.10. The van der Waals surface area contributed by atoms with E-state index < -0.39 is 0 Å². The Morgan fingerprint density at radius 2 is 1.38 bits per heavy atom. The van der Waals surface area contributed by atoms with Crippen molar-refractivity contribution in [1.29, 1.82) is 0 Å². The second-order valence-electron chi connectivity index (χ2n) is 4.39. The summed E-state index contributed by atoms with van der Waals surface area (Å²) in [6, 6.07) is 0. The van der Waals surface area contributed by atoms with E-state index in [1.807, 2.05) is 0 Å². The van der Waals surface area contributed by atoms with Crippen LogP contribution in [0.5, 0.6) is 0 Å². The molecule has 2 N–H and O–H groups in total. The van der Waals surface area contributed by atoms with Crippen molar-refractivity contribution >= 4 is 20.1 Å². The predicted octanol–water partition coefficient (Wildman–Crippen LogP) is 0.212. The summed E-state index contributed by atoms with van der Waals surface area (Å²) >= 11 is 0. The van der Waals surface area contributed by atoms with E-state index in [0.717, 1.165) is 26.2 Å². The monoisotopic (exact) mass is 248 g/mol. The van der Waals surface area contributed by atoms with E-state index in [9.17, 15) is 0 Å². The fraction of sp³-hybridized carbons (Fsp3) is 1.00. The summed E-state index contributed by atoms with van der Waals surface area (Å²) in [6.07, 6.45) is 5.48. The number of hydrogen-bond donors (Lipinski definition) is 2. The molecule has 0 aromatic rings. The van der Waals surface area contributed by atoms with Crippen molar-refractivity contribution in [2.75, 3.05) is 26.2 Å². The lowest BCUT2D eigenvalue weighted by atomic mass is 10.1. The van der Waals surface area contributed by atoms with Gasteiger partial charge in [-0.15, -0.1) is 12.4 Å². The number of hydrogen-bond acceptors (Lipinski definition) is 4. The standard InChI is InChI=1S/C10H21BN2O2.ClH/c1-3-9(7-12-5-1)14-11-15-10-4-2-6-13-8-10;/h9-13H,1-8H2;1H. The molecule has 0 aliphatic carbocycles. The molecule has 0 spiro atoms. The topological polar surface area (TPSA) is 42.5 Å². The average molecular weight is 249 g/mol. The molecule has 0 radical (unpaired) electrons. The van der Waals surface area contributed by atoms with Gasteiger partial charge in [0.05, 0.1) is 12.2 Å². The first kappa shape index (κ1) is 14.3. The Kier molecular flexibility index (Phi) is 7.40. The number of nitrogens with one attached hydrogen (secondary N) is 2. The molecule has 2 saturated heterocycles. The van der Waals surface area contributed by atoms with Gasteiger partial charge >= 0.3 is 7.69 Å². The van der Waals surface area contributed by atoms with E-state index in [2.05, 4.69) is 10.6 Å². The van der Waals surface area contributed by atoms with Gasteiger partial charge in [-0.2, -0.15) is 0 Å². The Hall–Kier alpha value is 0.195. The van der Waals surface area contributed by atoms with Crippen molar-refractivity contribution in [3.8, 4) is 0 Å². The summed E-state index contributed by atoms with van der Waals surface area (Å²) in [5.41, 5.74) is 0. The van der Waals surface area contributed by atoms with E-state index in [1.165, 1.54) is 25.7 Å². The first-order chi connectivity index (χ1) is 7.45. The maximum atomic E-state index is 5.67. The highest BCUT2D eigenvalue weighted by atomic mass is 35.5. The van der Waals surface area contributed by atoms with Crippen LogP contribution in [0.1, 0.15) is 25.7 Å². The third-order valence-electron chi connectivity index (χ3n) is 3.11. The molecule has 94 valence electrons. The Labute approximate surface area is 105 Å². The highest BCUT2D eigenvalue weighted by Crippen LogP contribution is 2.08. The Morgan fingerprint density at radius 3 is 1.75 bits per heavy atom. The van der Waals surface area contributed by atoms with Crippen LogP contribution < -0.4 is 10.6 Å². The molecule has 2 unspecified atom stereocenters. The van der Waals surface area contributed by atoms with Crippen LogP contribution in [0.3, 0.4) is 0 Å². The molecule has 2 heterocycles. The molecule has 2 fully saturated rings. The van der Waals surface area contributed by atoms with Gasteiger partial charge in [-0.25, -0.2) is 0 Å². The summed E-state index contributed by atoms with van der Waals surface area (Å²) in [5, 5.41) is 6.66. The first-order valence-electron chi connectivity index (χ1n) is 6.10. The lowest BCUT2D eigenvalue weighted by Crippen LogP contribution is -2.39. The molecule has 0 saturated carbocycles. The van der Waals surface area contributed by atoms with Gasteiger partial charge in [0.2, 0.25) is 0 Å². The lowest BCUT2D eigenvalue weighted by molar-refractivity contribution is 0.0932. The van der Waals surface area contributed by atoms with E-state index in [1.54, 1.807) is 0 Å². The molecule has 16 heavy (non-hydrogen) atoms. The molecule has 2 aliphatic heterocycles. The summed E-state index contributed by atoms with van der Waals surface area (Å²) in [6.45, 7) is 4.22. The molecular weight excluding hydrogens is 226 g/mol. The highest BCUT2D eigenvalue weighted by molar-refractivity contribution is 6.18. The SMILES string of the molecule is B(OC1CCCNC1)OC1CCCNC1.Cl. The van der Waals surface area contributed by atoms with Crippen LogP contribution in [0.25, 0.3) is 0 Å². The van der Waals surface area contributed by atoms with Gasteiger partial charge in [0.15, 0.2) is 0 Å². The number of rotatable bonds is 4. The van der Waals surface area contributed by atoms with Crippen molar-refractivity contribution in [2.24, 2.45) is 0 Å². The normalized spacial score (nSPS) is 30.5. The summed E-state index contributed by atoms with van der Waals surface area (Å²) in [4.78, 5) is 0. The number of piperidine rings is 2. The van der Waals surface area contributed by atoms with Crippen molar-refractivity contribution in [1.82, 2.24) is 10.6 Å². The molecule has 0 aromatic carbocycles. The van der Waals surface area contributed by atoms with Crippen molar-refractivity contribution in [2.45, 2.75) is 37.9 Å². The third-order valence-corrected chi connectivity index (χ3v) is 3.11. The molecule has 6 heteroatoms. The van der Waals surface area contributed by atoms with Gasteiger partial charge in [-0.05, 0) is 38.8 Å². The van der Waals surface area contributed by atoms with Gasteiger partial charge in [0.25, 0.3) is 0 Å². The lowest BCUT2D eigenvalue weighted by Gasteiger charge is -2.26. The zero-order valence-electron chi connectivity index (χ0n) is 9.74. The largest absolute Gasteiger partial charge is 0.438 e. The Balaban J connectivity index is 0.00000128. The predicted molar refractivity (Wildman–Crippen MR) is 68.4 cm³/mol. The Bertz CT molecular complexity index is 158. The maximum Gasteiger partial charge on any atom is 0.438 e. The zero-order valence-corrected chi connectivity index (χ0v) is 10.6. The zero-order chi connectivity index (χ0) is 10.3. The van der Waals surface area contributed by atoms with Crippen LogP contribution in [0.4, 0.5) is 0 Å². The minimum absolute atomic E-state index is 0. The fourth-order valence-electron chi connectivity index (χ4n) is 2.16. The van der Waals surface area contributed by atoms with Gasteiger partial charge in [-0.3, -0.25) is 0 Å². The van der Waals surface area contributed by atoms with Gasteiger partial charge < -0.3 is 19.9 Å². The molecule has 0 aromatic heterocycles. The van der Waals surface area contributed by atoms with Crippen molar-refractivity contribution in [3.63, 3.8) is 0 Å². The second-order valence-corrected chi connectivity index (χ2v) is 4.39. The van der Waals surface area contributed by atoms with E-state index >= 15 is 0 Å². The smallest absolute Gasteiger partial charge is 0.410 e. The Morgan fingerprint density at radius 1 is 0.875 bits per heavy atom. The molecule has 2 aliphatic rings. The number of halogens is 1. The van der Waals surface area contributed by atoms with Gasteiger partial charge in [0.1, 0.15) is 0 Å². The van der Waals surface area contributed by atoms with Crippen LogP contribution in [-0.2, 0) is 9.31 Å². The van der Waals surface area contributed by atoms with E-state index in [4.69, 9.17) is 9.31 Å². The van der Waals surface area contributed by atoms with E-state index in [0.29, 0.717) is 19.9 Å². The van der Waals surface area contributed by atoms with Gasteiger partial charge in [-0.1, -0.05) is 0 Å². The average Bonchev–Trinajstić information content (AvgIpc) is 2.32. The van der Waals surface area contributed by atoms with E-state index in [-0.39, 0.29) is 12.4 Å². The van der Waals surface area contributed by atoms with Crippen LogP contribution in [0.15, 0.2) is 0 Å². The van der Waals surface area contributed by atoms with Crippen LogP contribution >= 0.6 is 12.4 Å². The van der Waals surface area contributed by atoms with Crippen LogP contribution in [0, 0.1) is 0 Å². The fourth-order valence-corrected chi connectivity index (χ4v) is 2.16. The molecular formula is C10H22BClN2O2. The molecule has 4 nitrogen and oxygen atoms in total. The van der Waals surface area contributed by atoms with Crippen LogP contribution in [-0.4, -0.2) is 46.1 Å². The van der Waals surface area contributed by atoms with Crippen molar-refractivity contribution in [3.05, 3.63) is 0 Å². The molecule has 2 rings (SSSR count). The highest BCUT2D eigenvalue weighted by Gasteiger charge is 2.17. The van der Waals surface area contributed by atoms with Crippen LogP contribution in [0.2, 0.25) is 0 Å². The van der Waals surface area contributed by atoms with Gasteiger partial charge in [0, 0.05) is 13.1 Å². The summed E-state index contributed by atoms with van der Waals surface area (Å²) in [7, 11) is 0.457. The minimum Gasteiger partial charge on any atom is -0.410 e. The quantitative estimate of drug-likeness (QED) is 0.698. The summed E-state index contributed by atoms with van der Waals surface area (Å²) < 4.78 is 11.3. The minimum atomic E-state index is 0. The molecule has 2 atom stereocenters. The molecule has 0 amide bonds. The maximum absolute atomic E-state index is 5.67. The third kappa shape index (κ3) is 5.02. The summed E-state index contributed by atoms with van der Waals surface area (Å²) in [5.74, 6) is 0. The molecule has 0 bridgehead atoms.